The molecule has 2 aromatic heterocycles. The van der Waals surface area contributed by atoms with Crippen molar-refractivity contribution in [1.82, 2.24) is 29.7 Å². The van der Waals surface area contributed by atoms with Gasteiger partial charge < -0.3 is 9.64 Å². The molecule has 3 heterocycles. The summed E-state index contributed by atoms with van der Waals surface area (Å²) in [6.45, 7) is 2.96. The summed E-state index contributed by atoms with van der Waals surface area (Å²) in [4.78, 5) is 24.7. The molecule has 0 radical (unpaired) electrons. The maximum Gasteiger partial charge on any atom is 0.361 e. The lowest BCUT2D eigenvalue weighted by molar-refractivity contribution is -0.120. The molecule has 9 heteroatoms. The fourth-order valence-electron chi connectivity index (χ4n) is 2.59. The average Bonchev–Trinajstić information content (AvgIpc) is 3.13. The summed E-state index contributed by atoms with van der Waals surface area (Å²) in [6, 6.07) is 0. The van der Waals surface area contributed by atoms with Crippen LogP contribution in [0.5, 0.6) is 0 Å². The topological polar surface area (TPSA) is 95.1 Å². The van der Waals surface area contributed by atoms with Crippen molar-refractivity contribution in [2.75, 3.05) is 13.1 Å². The van der Waals surface area contributed by atoms with Gasteiger partial charge in [0.15, 0.2) is 5.69 Å². The molecule has 0 unspecified atom stereocenters. The third-order valence-electron chi connectivity index (χ3n) is 3.92. The molecule has 1 aliphatic heterocycles. The van der Waals surface area contributed by atoms with Crippen LogP contribution in [0.2, 0.25) is 0 Å². The number of hydrogen-bond donors (Lipinski definition) is 0. The maximum absolute atomic E-state index is 12.3. The first-order chi connectivity index (χ1) is 11.1. The Morgan fingerprint density at radius 2 is 2.13 bits per heavy atom. The first-order valence-electron chi connectivity index (χ1n) is 7.40. The fourth-order valence-corrected chi connectivity index (χ4v) is 2.59. The van der Waals surface area contributed by atoms with E-state index in [1.165, 1.54) is 0 Å². The monoisotopic (exact) mass is 318 g/mol. The second-order valence-electron chi connectivity index (χ2n) is 5.55. The molecule has 0 aromatic carbocycles. The summed E-state index contributed by atoms with van der Waals surface area (Å²) >= 11 is 0. The van der Waals surface area contributed by atoms with Crippen LogP contribution in [0, 0.1) is 6.92 Å². The molecule has 0 atom stereocenters. The van der Waals surface area contributed by atoms with E-state index < -0.39 is 5.97 Å². The van der Waals surface area contributed by atoms with Gasteiger partial charge in [0.1, 0.15) is 11.8 Å². The van der Waals surface area contributed by atoms with Crippen LogP contribution in [0.25, 0.3) is 5.69 Å². The van der Waals surface area contributed by atoms with Gasteiger partial charge in [0.05, 0.1) is 18.1 Å². The highest BCUT2D eigenvalue weighted by molar-refractivity contribution is 5.88. The standard InChI is InChI=1S/C14H18N6O3/c1-10-13(16-17-20(10)11-7-15-18(2)8-11)14(22)23-12-3-5-19(9-21)6-4-12/h7-9,12H,3-6H2,1-2H3. The number of likely N-dealkylation sites (tertiary alicyclic amines) is 1. The molecular formula is C14H18N6O3. The zero-order valence-corrected chi connectivity index (χ0v) is 13.0. The van der Waals surface area contributed by atoms with Crippen molar-refractivity contribution in [3.63, 3.8) is 0 Å². The Hall–Kier alpha value is -2.71. The molecule has 0 spiro atoms. The summed E-state index contributed by atoms with van der Waals surface area (Å²) in [5, 5.41) is 12.0. The molecule has 0 aliphatic carbocycles. The van der Waals surface area contributed by atoms with E-state index >= 15 is 0 Å². The Bertz CT molecular complexity index is 714. The molecule has 122 valence electrons. The number of rotatable bonds is 4. The van der Waals surface area contributed by atoms with Gasteiger partial charge >= 0.3 is 5.97 Å². The summed E-state index contributed by atoms with van der Waals surface area (Å²) in [5.74, 6) is -0.484. The highest BCUT2D eigenvalue weighted by atomic mass is 16.5. The van der Waals surface area contributed by atoms with Crippen LogP contribution in [-0.4, -0.2) is 61.2 Å². The Kier molecular flexibility index (Phi) is 4.09. The number of ether oxygens (including phenoxy) is 1. The zero-order valence-electron chi connectivity index (χ0n) is 13.0. The van der Waals surface area contributed by atoms with Gasteiger partial charge in [-0.05, 0) is 6.92 Å². The van der Waals surface area contributed by atoms with Crippen LogP contribution in [0.3, 0.4) is 0 Å². The molecule has 23 heavy (non-hydrogen) atoms. The van der Waals surface area contributed by atoms with Gasteiger partial charge in [-0.2, -0.15) is 5.10 Å². The molecule has 0 bridgehead atoms. The molecule has 3 rings (SSSR count). The van der Waals surface area contributed by atoms with Gasteiger partial charge in [0, 0.05) is 33.0 Å². The minimum absolute atomic E-state index is 0.193. The number of esters is 1. The molecule has 1 saturated heterocycles. The second kappa shape index (κ2) is 6.19. The molecule has 0 saturated carbocycles. The molecular weight excluding hydrogens is 300 g/mol. The summed E-state index contributed by atoms with van der Waals surface area (Å²) in [7, 11) is 1.80. The maximum atomic E-state index is 12.3. The minimum Gasteiger partial charge on any atom is -0.457 e. The molecule has 9 nitrogen and oxygen atoms in total. The van der Waals surface area contributed by atoms with Crippen molar-refractivity contribution in [1.29, 1.82) is 0 Å². The van der Waals surface area contributed by atoms with E-state index in [4.69, 9.17) is 4.74 Å². The predicted octanol–water partition coefficient (Wildman–Crippen LogP) is 0.0868. The average molecular weight is 318 g/mol. The van der Waals surface area contributed by atoms with Crippen LogP contribution in [0.4, 0.5) is 0 Å². The van der Waals surface area contributed by atoms with Gasteiger partial charge in [-0.1, -0.05) is 5.21 Å². The summed E-state index contributed by atoms with van der Waals surface area (Å²) < 4.78 is 8.69. The molecule has 0 N–H and O–H groups in total. The Morgan fingerprint density at radius 1 is 1.39 bits per heavy atom. The smallest absolute Gasteiger partial charge is 0.361 e. The number of nitrogens with zero attached hydrogens (tertiary/aromatic N) is 6. The highest BCUT2D eigenvalue weighted by Gasteiger charge is 2.25. The van der Waals surface area contributed by atoms with E-state index in [0.717, 1.165) is 12.1 Å². The number of aromatic nitrogens is 5. The van der Waals surface area contributed by atoms with E-state index in [-0.39, 0.29) is 11.8 Å². The van der Waals surface area contributed by atoms with Crippen molar-refractivity contribution in [3.8, 4) is 5.69 Å². The zero-order chi connectivity index (χ0) is 16.4. The van der Waals surface area contributed by atoms with Crippen LogP contribution in [-0.2, 0) is 16.6 Å². The number of amides is 1. The van der Waals surface area contributed by atoms with Gasteiger partial charge in [0.2, 0.25) is 6.41 Å². The Labute approximate surface area is 132 Å². The lowest BCUT2D eigenvalue weighted by atomic mass is 10.1. The Balaban J connectivity index is 1.69. The SMILES string of the molecule is Cc1c(C(=O)OC2CCN(C=O)CC2)nnn1-c1cnn(C)c1. The number of piperidine rings is 1. The Morgan fingerprint density at radius 3 is 2.74 bits per heavy atom. The summed E-state index contributed by atoms with van der Waals surface area (Å²) in [5.41, 5.74) is 1.54. The van der Waals surface area contributed by atoms with Crippen molar-refractivity contribution in [3.05, 3.63) is 23.8 Å². The first kappa shape index (κ1) is 15.2. The summed E-state index contributed by atoms with van der Waals surface area (Å²) in [6.07, 6.45) is 5.33. The molecule has 1 fully saturated rings. The van der Waals surface area contributed by atoms with E-state index in [0.29, 0.717) is 31.6 Å². The highest BCUT2D eigenvalue weighted by Crippen LogP contribution is 2.17. The number of carbonyl (C=O) groups is 2. The van der Waals surface area contributed by atoms with Crippen LogP contribution in [0.15, 0.2) is 12.4 Å². The van der Waals surface area contributed by atoms with Crippen molar-refractivity contribution >= 4 is 12.4 Å². The van der Waals surface area contributed by atoms with Crippen molar-refractivity contribution < 1.29 is 14.3 Å². The largest absolute Gasteiger partial charge is 0.457 e. The minimum atomic E-state index is -0.484. The van der Waals surface area contributed by atoms with E-state index in [2.05, 4.69) is 15.4 Å². The predicted molar refractivity (Wildman–Crippen MR) is 78.9 cm³/mol. The van der Waals surface area contributed by atoms with E-state index in [9.17, 15) is 9.59 Å². The number of carbonyl (C=O) groups excluding carboxylic acids is 2. The number of aryl methyl sites for hydroxylation is 1. The molecule has 1 aliphatic rings. The lowest BCUT2D eigenvalue weighted by Crippen LogP contribution is -2.37. The lowest BCUT2D eigenvalue weighted by Gasteiger charge is -2.28. The van der Waals surface area contributed by atoms with Gasteiger partial charge in [-0.15, -0.1) is 5.10 Å². The molecule has 2 aromatic rings. The van der Waals surface area contributed by atoms with Gasteiger partial charge in [-0.3, -0.25) is 9.48 Å². The van der Waals surface area contributed by atoms with E-state index in [1.807, 2.05) is 0 Å². The fraction of sp³-hybridized carbons (Fsp3) is 0.500. The van der Waals surface area contributed by atoms with Crippen molar-refractivity contribution in [2.24, 2.45) is 7.05 Å². The third kappa shape index (κ3) is 3.08. The number of hydrogen-bond acceptors (Lipinski definition) is 6. The first-order valence-corrected chi connectivity index (χ1v) is 7.40. The van der Waals surface area contributed by atoms with Crippen LogP contribution >= 0.6 is 0 Å². The van der Waals surface area contributed by atoms with E-state index in [1.54, 1.807) is 40.6 Å². The van der Waals surface area contributed by atoms with Crippen LogP contribution < -0.4 is 0 Å². The second-order valence-corrected chi connectivity index (χ2v) is 5.55. The quantitative estimate of drug-likeness (QED) is 0.585. The normalized spacial score (nSPS) is 15.7. The third-order valence-corrected chi connectivity index (χ3v) is 3.92. The van der Waals surface area contributed by atoms with Gasteiger partial charge in [0.25, 0.3) is 0 Å². The van der Waals surface area contributed by atoms with Gasteiger partial charge in [-0.25, -0.2) is 9.48 Å². The van der Waals surface area contributed by atoms with Crippen LogP contribution in [0.1, 0.15) is 29.0 Å². The van der Waals surface area contributed by atoms with Crippen molar-refractivity contribution in [2.45, 2.75) is 25.9 Å². The molecule has 1 amide bonds.